The Hall–Kier alpha value is -1.95. The maximum atomic E-state index is 11.9. The zero-order valence-electron chi connectivity index (χ0n) is 10.2. The Kier molecular flexibility index (Phi) is 3.57. The van der Waals surface area contributed by atoms with Crippen LogP contribution >= 0.6 is 11.3 Å². The number of nitrogens with one attached hydrogen (secondary N) is 1. The second kappa shape index (κ2) is 5.14. The Morgan fingerprint density at radius 1 is 1.39 bits per heavy atom. The van der Waals surface area contributed by atoms with Crippen LogP contribution in [0.4, 0.5) is 10.8 Å². The number of hydrogen-bond donors (Lipinski definition) is 2. The van der Waals surface area contributed by atoms with E-state index in [2.05, 4.69) is 15.5 Å². The van der Waals surface area contributed by atoms with E-state index in [1.54, 1.807) is 24.3 Å². The van der Waals surface area contributed by atoms with Gasteiger partial charge in [-0.05, 0) is 18.2 Å². The summed E-state index contributed by atoms with van der Waals surface area (Å²) in [6.07, 6.45) is 0. The molecule has 3 N–H and O–H groups in total. The molecule has 0 bridgehead atoms. The molecule has 0 aliphatic heterocycles. The first-order valence-corrected chi connectivity index (χ1v) is 6.38. The number of aromatic nitrogens is 2. The fourth-order valence-corrected chi connectivity index (χ4v) is 2.11. The first-order valence-electron chi connectivity index (χ1n) is 5.56. The molecule has 0 saturated carbocycles. The summed E-state index contributed by atoms with van der Waals surface area (Å²) in [6.45, 7) is 4.06. The lowest BCUT2D eigenvalue weighted by molar-refractivity contribution is 0.102. The molecule has 0 fully saturated rings. The topological polar surface area (TPSA) is 80.9 Å². The summed E-state index contributed by atoms with van der Waals surface area (Å²) in [6, 6.07) is 6.80. The molecule has 0 atom stereocenters. The third kappa shape index (κ3) is 2.84. The predicted octanol–water partition coefficient (Wildman–Crippen LogP) is 2.50. The zero-order chi connectivity index (χ0) is 13.1. The third-order valence-electron chi connectivity index (χ3n) is 2.30. The molecule has 0 aliphatic rings. The number of nitrogens with zero attached hydrogens (tertiary/aromatic N) is 2. The minimum Gasteiger partial charge on any atom is -0.399 e. The maximum absolute atomic E-state index is 11.9. The van der Waals surface area contributed by atoms with Crippen LogP contribution in [0.15, 0.2) is 24.3 Å². The Bertz CT molecular complexity index is 565. The largest absolute Gasteiger partial charge is 0.399 e. The lowest BCUT2D eigenvalue weighted by Gasteiger charge is -2.01. The second-order valence-corrected chi connectivity index (χ2v) is 5.19. The summed E-state index contributed by atoms with van der Waals surface area (Å²) >= 11 is 1.38. The van der Waals surface area contributed by atoms with Crippen molar-refractivity contribution >= 4 is 28.1 Å². The average Bonchev–Trinajstić information content (AvgIpc) is 2.77. The molecular weight excluding hydrogens is 248 g/mol. The quantitative estimate of drug-likeness (QED) is 0.833. The summed E-state index contributed by atoms with van der Waals surface area (Å²) in [5, 5.41) is 12.1. The molecule has 94 valence electrons. The predicted molar refractivity (Wildman–Crippen MR) is 72.8 cm³/mol. The highest BCUT2D eigenvalue weighted by Gasteiger charge is 2.11. The van der Waals surface area contributed by atoms with Gasteiger partial charge in [-0.1, -0.05) is 31.3 Å². The molecule has 1 aromatic heterocycles. The molecule has 0 radical (unpaired) electrons. The van der Waals surface area contributed by atoms with Gasteiger partial charge in [-0.2, -0.15) is 0 Å². The van der Waals surface area contributed by atoms with E-state index in [0.717, 1.165) is 5.01 Å². The van der Waals surface area contributed by atoms with Gasteiger partial charge in [-0.15, -0.1) is 10.2 Å². The van der Waals surface area contributed by atoms with Crippen LogP contribution in [-0.4, -0.2) is 16.1 Å². The van der Waals surface area contributed by atoms with Crippen LogP contribution in [-0.2, 0) is 0 Å². The first kappa shape index (κ1) is 12.5. The molecule has 6 heteroatoms. The number of carbonyl (C=O) groups is 1. The highest BCUT2D eigenvalue weighted by atomic mass is 32.1. The summed E-state index contributed by atoms with van der Waals surface area (Å²) in [7, 11) is 0. The van der Waals surface area contributed by atoms with E-state index in [1.807, 2.05) is 13.8 Å². The number of hydrogen-bond acceptors (Lipinski definition) is 5. The first-order chi connectivity index (χ1) is 8.56. The maximum Gasteiger partial charge on any atom is 0.257 e. The van der Waals surface area contributed by atoms with E-state index < -0.39 is 0 Å². The monoisotopic (exact) mass is 262 g/mol. The lowest BCUT2D eigenvalue weighted by atomic mass is 10.2. The van der Waals surface area contributed by atoms with Crippen molar-refractivity contribution in [2.75, 3.05) is 11.1 Å². The molecule has 0 unspecified atom stereocenters. The van der Waals surface area contributed by atoms with Crippen molar-refractivity contribution in [3.05, 3.63) is 34.8 Å². The highest BCUT2D eigenvalue weighted by Crippen LogP contribution is 2.22. The van der Waals surface area contributed by atoms with Crippen molar-refractivity contribution < 1.29 is 4.79 Å². The number of benzene rings is 1. The van der Waals surface area contributed by atoms with Crippen LogP contribution in [0, 0.1) is 0 Å². The van der Waals surface area contributed by atoms with Crippen LogP contribution in [0.5, 0.6) is 0 Å². The molecule has 1 amide bonds. The van der Waals surface area contributed by atoms with Gasteiger partial charge < -0.3 is 5.73 Å². The van der Waals surface area contributed by atoms with Gasteiger partial charge in [0.05, 0.1) is 0 Å². The Morgan fingerprint density at radius 3 is 2.78 bits per heavy atom. The lowest BCUT2D eigenvalue weighted by Crippen LogP contribution is -2.11. The van der Waals surface area contributed by atoms with Crippen molar-refractivity contribution in [3.8, 4) is 0 Å². The number of amides is 1. The van der Waals surface area contributed by atoms with Crippen molar-refractivity contribution in [3.63, 3.8) is 0 Å². The van der Waals surface area contributed by atoms with Crippen molar-refractivity contribution in [2.24, 2.45) is 0 Å². The van der Waals surface area contributed by atoms with Crippen LogP contribution in [0.2, 0.25) is 0 Å². The molecule has 2 rings (SSSR count). The van der Waals surface area contributed by atoms with Gasteiger partial charge in [0.25, 0.3) is 5.91 Å². The van der Waals surface area contributed by atoms with Crippen LogP contribution < -0.4 is 11.1 Å². The van der Waals surface area contributed by atoms with Crippen LogP contribution in [0.3, 0.4) is 0 Å². The van der Waals surface area contributed by atoms with Crippen molar-refractivity contribution in [2.45, 2.75) is 19.8 Å². The normalized spacial score (nSPS) is 10.6. The van der Waals surface area contributed by atoms with E-state index in [1.165, 1.54) is 11.3 Å². The molecule has 5 nitrogen and oxygen atoms in total. The summed E-state index contributed by atoms with van der Waals surface area (Å²) in [5.74, 6) is 0.0780. The molecule has 0 saturated heterocycles. The second-order valence-electron chi connectivity index (χ2n) is 4.18. The molecule has 2 aromatic rings. The Balaban J connectivity index is 2.11. The van der Waals surface area contributed by atoms with E-state index in [0.29, 0.717) is 22.3 Å². The van der Waals surface area contributed by atoms with Gasteiger partial charge >= 0.3 is 0 Å². The molecular formula is C12H14N4OS. The van der Waals surface area contributed by atoms with E-state index >= 15 is 0 Å². The number of rotatable bonds is 3. The zero-order valence-corrected chi connectivity index (χ0v) is 11.0. The molecule has 0 aliphatic carbocycles. The smallest absolute Gasteiger partial charge is 0.257 e. The van der Waals surface area contributed by atoms with Crippen molar-refractivity contribution in [1.29, 1.82) is 0 Å². The van der Waals surface area contributed by atoms with Crippen LogP contribution in [0.25, 0.3) is 0 Å². The van der Waals surface area contributed by atoms with Crippen molar-refractivity contribution in [1.82, 2.24) is 10.2 Å². The number of nitrogens with two attached hydrogens (primary N) is 1. The molecule has 0 spiro atoms. The van der Waals surface area contributed by atoms with Gasteiger partial charge in [0.15, 0.2) is 0 Å². The average molecular weight is 262 g/mol. The van der Waals surface area contributed by atoms with Crippen LogP contribution in [0.1, 0.15) is 35.1 Å². The number of nitrogen functional groups attached to an aromatic ring is 1. The summed E-state index contributed by atoms with van der Waals surface area (Å²) in [4.78, 5) is 11.9. The number of carbonyl (C=O) groups excluding carboxylic acids is 1. The minimum absolute atomic E-state index is 0.228. The van der Waals surface area contributed by atoms with Gasteiger partial charge in [-0.25, -0.2) is 0 Å². The SMILES string of the molecule is CC(C)c1nnc(NC(=O)c2cccc(N)c2)s1. The molecule has 1 aromatic carbocycles. The standard InChI is InChI=1S/C12H14N4OS/c1-7(2)11-15-16-12(18-11)14-10(17)8-4-3-5-9(13)6-8/h3-7H,13H2,1-2H3,(H,14,16,17). The van der Waals surface area contributed by atoms with Gasteiger partial charge in [0, 0.05) is 17.2 Å². The molecule has 1 heterocycles. The summed E-state index contributed by atoms with van der Waals surface area (Å²) < 4.78 is 0. The number of anilines is 2. The Labute approximate surface area is 109 Å². The Morgan fingerprint density at radius 2 is 2.17 bits per heavy atom. The highest BCUT2D eigenvalue weighted by molar-refractivity contribution is 7.15. The van der Waals surface area contributed by atoms with Gasteiger partial charge in [0.2, 0.25) is 5.13 Å². The fourth-order valence-electron chi connectivity index (χ4n) is 1.37. The van der Waals surface area contributed by atoms with E-state index in [-0.39, 0.29) is 5.91 Å². The van der Waals surface area contributed by atoms with Gasteiger partial charge in [0.1, 0.15) is 5.01 Å². The summed E-state index contributed by atoms with van der Waals surface area (Å²) in [5.41, 5.74) is 6.70. The van der Waals surface area contributed by atoms with Gasteiger partial charge in [-0.3, -0.25) is 10.1 Å². The minimum atomic E-state index is -0.228. The third-order valence-corrected chi connectivity index (χ3v) is 3.44. The fraction of sp³-hybridized carbons (Fsp3) is 0.250. The van der Waals surface area contributed by atoms with E-state index in [9.17, 15) is 4.79 Å². The molecule has 18 heavy (non-hydrogen) atoms. The van der Waals surface area contributed by atoms with E-state index in [4.69, 9.17) is 5.73 Å².